The van der Waals surface area contributed by atoms with Crippen molar-refractivity contribution in [3.8, 4) is 0 Å². The lowest BCUT2D eigenvalue weighted by atomic mass is 9.86. The lowest BCUT2D eigenvalue weighted by molar-refractivity contribution is -0.114. The number of halogens is 1. The van der Waals surface area contributed by atoms with Gasteiger partial charge in [0, 0.05) is 28.3 Å². The smallest absolute Gasteiger partial charge is 0.251 e. The van der Waals surface area contributed by atoms with Crippen LogP contribution in [0.4, 0.5) is 10.1 Å². The summed E-state index contributed by atoms with van der Waals surface area (Å²) in [6.07, 6.45) is 4.49. The molecule has 1 fully saturated rings. The van der Waals surface area contributed by atoms with E-state index in [1.54, 1.807) is 24.3 Å². The molecule has 1 aliphatic carbocycles. The molecule has 148 valence electrons. The van der Waals surface area contributed by atoms with Gasteiger partial charge >= 0.3 is 0 Å². The average Bonchev–Trinajstić information content (AvgIpc) is 2.66. The zero-order valence-electron chi connectivity index (χ0n) is 16.1. The molecule has 0 unspecified atom stereocenters. The fraction of sp³-hybridized carbons (Fsp3) is 0.364. The predicted molar refractivity (Wildman–Crippen MR) is 110 cm³/mol. The molecular formula is C22H25FN2O2S. The zero-order valence-corrected chi connectivity index (χ0v) is 16.9. The molecule has 0 bridgehead atoms. The summed E-state index contributed by atoms with van der Waals surface area (Å²) in [5.41, 5.74) is 1.09. The first-order chi connectivity index (χ1) is 13.4. The van der Waals surface area contributed by atoms with Crippen LogP contribution >= 0.6 is 11.8 Å². The van der Waals surface area contributed by atoms with Crippen molar-refractivity contribution in [3.63, 3.8) is 0 Å². The molecule has 0 saturated heterocycles. The normalized spacial score (nSPS) is 19.1. The van der Waals surface area contributed by atoms with Gasteiger partial charge in [-0.15, -0.1) is 0 Å². The van der Waals surface area contributed by atoms with Crippen LogP contribution in [-0.4, -0.2) is 17.9 Å². The van der Waals surface area contributed by atoms with Gasteiger partial charge < -0.3 is 10.6 Å². The highest BCUT2D eigenvalue weighted by atomic mass is 32.2. The molecule has 0 heterocycles. The molecule has 0 aromatic heterocycles. The number of hydrogen-bond acceptors (Lipinski definition) is 3. The maximum atomic E-state index is 13.1. The molecule has 4 nitrogen and oxygen atoms in total. The van der Waals surface area contributed by atoms with Crippen molar-refractivity contribution < 1.29 is 14.0 Å². The van der Waals surface area contributed by atoms with E-state index in [-0.39, 0.29) is 23.7 Å². The monoisotopic (exact) mass is 400 g/mol. The lowest BCUT2D eigenvalue weighted by Gasteiger charge is -2.29. The lowest BCUT2D eigenvalue weighted by Crippen LogP contribution is -2.41. The van der Waals surface area contributed by atoms with Gasteiger partial charge in [-0.3, -0.25) is 9.59 Å². The Hall–Kier alpha value is -2.34. The predicted octanol–water partition coefficient (Wildman–Crippen LogP) is 5.24. The second kappa shape index (κ2) is 9.24. The summed E-state index contributed by atoms with van der Waals surface area (Å²) in [6, 6.07) is 11.6. The SMILES string of the molecule is CC(=O)Nc1cc(C(=O)N[C@H]2CCCC[C@H]2C)ccc1Sc1ccc(F)cc1. The van der Waals surface area contributed by atoms with E-state index in [1.165, 1.54) is 37.2 Å². The number of carbonyl (C=O) groups is 2. The Morgan fingerprint density at radius 3 is 2.46 bits per heavy atom. The number of carbonyl (C=O) groups excluding carboxylic acids is 2. The molecule has 1 aliphatic rings. The van der Waals surface area contributed by atoms with Crippen LogP contribution in [0.1, 0.15) is 49.9 Å². The molecule has 3 rings (SSSR count). The van der Waals surface area contributed by atoms with Crippen LogP contribution in [0.25, 0.3) is 0 Å². The van der Waals surface area contributed by atoms with Gasteiger partial charge in [-0.25, -0.2) is 4.39 Å². The number of hydrogen-bond donors (Lipinski definition) is 2. The van der Waals surface area contributed by atoms with Crippen LogP contribution in [0.15, 0.2) is 52.3 Å². The van der Waals surface area contributed by atoms with Gasteiger partial charge in [0.15, 0.2) is 0 Å². The molecule has 2 N–H and O–H groups in total. The van der Waals surface area contributed by atoms with E-state index in [4.69, 9.17) is 0 Å². The Morgan fingerprint density at radius 1 is 1.07 bits per heavy atom. The van der Waals surface area contributed by atoms with Crippen molar-refractivity contribution in [1.82, 2.24) is 5.32 Å². The fourth-order valence-corrected chi connectivity index (χ4v) is 4.34. The van der Waals surface area contributed by atoms with Gasteiger partial charge in [-0.1, -0.05) is 31.5 Å². The van der Waals surface area contributed by atoms with Gasteiger partial charge in [-0.05, 0) is 61.2 Å². The first-order valence-corrected chi connectivity index (χ1v) is 10.4. The van der Waals surface area contributed by atoms with Crippen molar-refractivity contribution in [2.24, 2.45) is 5.92 Å². The number of amides is 2. The van der Waals surface area contributed by atoms with Crippen molar-refractivity contribution >= 4 is 29.3 Å². The topological polar surface area (TPSA) is 58.2 Å². The summed E-state index contributed by atoms with van der Waals surface area (Å²) in [5, 5.41) is 5.94. The van der Waals surface area contributed by atoms with Gasteiger partial charge in [0.05, 0.1) is 5.69 Å². The van der Waals surface area contributed by atoms with Crippen LogP contribution in [0, 0.1) is 11.7 Å². The number of benzene rings is 2. The molecule has 28 heavy (non-hydrogen) atoms. The van der Waals surface area contributed by atoms with Crippen LogP contribution in [0.3, 0.4) is 0 Å². The van der Waals surface area contributed by atoms with Crippen LogP contribution < -0.4 is 10.6 Å². The van der Waals surface area contributed by atoms with E-state index in [2.05, 4.69) is 17.6 Å². The second-order valence-corrected chi connectivity index (χ2v) is 8.41. The summed E-state index contributed by atoms with van der Waals surface area (Å²) >= 11 is 1.41. The molecule has 2 aromatic carbocycles. The third-order valence-corrected chi connectivity index (χ3v) is 6.11. The summed E-state index contributed by atoms with van der Waals surface area (Å²) in [6.45, 7) is 3.61. The van der Waals surface area contributed by atoms with Gasteiger partial charge in [-0.2, -0.15) is 0 Å². The van der Waals surface area contributed by atoms with Crippen molar-refractivity contribution in [3.05, 3.63) is 53.8 Å². The van der Waals surface area contributed by atoms with E-state index in [0.717, 1.165) is 29.1 Å². The maximum absolute atomic E-state index is 13.1. The summed E-state index contributed by atoms with van der Waals surface area (Å²) in [7, 11) is 0. The summed E-state index contributed by atoms with van der Waals surface area (Å²) < 4.78 is 13.1. The first kappa shape index (κ1) is 20.4. The van der Waals surface area contributed by atoms with Crippen LogP contribution in [0.2, 0.25) is 0 Å². The molecular weight excluding hydrogens is 375 g/mol. The van der Waals surface area contributed by atoms with Gasteiger partial charge in [0.1, 0.15) is 5.82 Å². The molecule has 2 amide bonds. The highest BCUT2D eigenvalue weighted by molar-refractivity contribution is 7.99. The van der Waals surface area contributed by atoms with E-state index >= 15 is 0 Å². The van der Waals surface area contributed by atoms with Crippen molar-refractivity contribution in [2.75, 3.05) is 5.32 Å². The van der Waals surface area contributed by atoms with Crippen molar-refractivity contribution in [2.45, 2.75) is 55.4 Å². The molecule has 2 atom stereocenters. The maximum Gasteiger partial charge on any atom is 0.251 e. The Bertz CT molecular complexity index is 854. The number of rotatable bonds is 5. The fourth-order valence-electron chi connectivity index (χ4n) is 3.46. The minimum atomic E-state index is -0.296. The Morgan fingerprint density at radius 2 is 1.79 bits per heavy atom. The van der Waals surface area contributed by atoms with E-state index < -0.39 is 0 Å². The minimum Gasteiger partial charge on any atom is -0.349 e. The van der Waals surface area contributed by atoms with Crippen molar-refractivity contribution in [1.29, 1.82) is 0 Å². The molecule has 2 aromatic rings. The third-order valence-electron chi connectivity index (χ3n) is 5.02. The molecule has 1 saturated carbocycles. The van der Waals surface area contributed by atoms with E-state index in [9.17, 15) is 14.0 Å². The second-order valence-electron chi connectivity index (χ2n) is 7.29. The number of anilines is 1. The molecule has 0 radical (unpaired) electrons. The third kappa shape index (κ3) is 5.35. The summed E-state index contributed by atoms with van der Waals surface area (Å²) in [5.74, 6) is -0.153. The molecule has 6 heteroatoms. The minimum absolute atomic E-state index is 0.122. The highest BCUT2D eigenvalue weighted by Gasteiger charge is 2.23. The molecule has 0 aliphatic heterocycles. The average molecular weight is 401 g/mol. The Labute approximate surface area is 169 Å². The first-order valence-electron chi connectivity index (χ1n) is 9.58. The zero-order chi connectivity index (χ0) is 20.1. The number of nitrogens with one attached hydrogen (secondary N) is 2. The van der Waals surface area contributed by atoms with Gasteiger partial charge in [0.2, 0.25) is 5.91 Å². The molecule has 0 spiro atoms. The quantitative estimate of drug-likeness (QED) is 0.721. The standard InChI is InChI=1S/C22H25FN2O2S/c1-14-5-3-4-6-19(14)25-22(27)16-7-12-21(20(13-16)24-15(2)26)28-18-10-8-17(23)9-11-18/h7-14,19H,3-6H2,1-2H3,(H,24,26)(H,25,27)/t14-,19+/m1/s1. The van der Waals surface area contributed by atoms with Crippen LogP contribution in [-0.2, 0) is 4.79 Å². The Balaban J connectivity index is 1.79. The Kier molecular flexibility index (Phi) is 6.73. The van der Waals surface area contributed by atoms with Gasteiger partial charge in [0.25, 0.3) is 5.91 Å². The van der Waals surface area contributed by atoms with E-state index in [0.29, 0.717) is 17.2 Å². The largest absolute Gasteiger partial charge is 0.349 e. The van der Waals surface area contributed by atoms with Crippen LogP contribution in [0.5, 0.6) is 0 Å². The summed E-state index contributed by atoms with van der Waals surface area (Å²) in [4.78, 5) is 26.0. The van der Waals surface area contributed by atoms with E-state index in [1.807, 2.05) is 6.07 Å². The highest BCUT2D eigenvalue weighted by Crippen LogP contribution is 2.34.